The first kappa shape index (κ1) is 14.9. The van der Waals surface area contributed by atoms with E-state index in [4.69, 9.17) is 5.26 Å². The van der Waals surface area contributed by atoms with E-state index in [-0.39, 0.29) is 17.0 Å². The van der Waals surface area contributed by atoms with E-state index >= 15 is 0 Å². The smallest absolute Gasteiger partial charge is 0.244 e. The summed E-state index contributed by atoms with van der Waals surface area (Å²) in [6, 6.07) is 5.07. The van der Waals surface area contributed by atoms with E-state index in [1.807, 2.05) is 6.92 Å². The summed E-state index contributed by atoms with van der Waals surface area (Å²) in [6.07, 6.45) is 0. The number of rotatable bonds is 2. The van der Waals surface area contributed by atoms with Gasteiger partial charge in [0.1, 0.15) is 22.3 Å². The molecule has 1 aliphatic heterocycles. The molecule has 1 fully saturated rings. The van der Waals surface area contributed by atoms with Crippen molar-refractivity contribution in [2.75, 3.05) is 13.1 Å². The van der Waals surface area contributed by atoms with Gasteiger partial charge in [0, 0.05) is 25.2 Å². The summed E-state index contributed by atoms with van der Waals surface area (Å²) < 4.78 is 40.2. The van der Waals surface area contributed by atoms with Gasteiger partial charge in [-0.05, 0) is 26.0 Å². The molecule has 1 N–H and O–H groups in total. The monoisotopic (exact) mass is 297 g/mol. The molecule has 2 rings (SSSR count). The van der Waals surface area contributed by atoms with Crippen molar-refractivity contribution in [2.24, 2.45) is 0 Å². The van der Waals surface area contributed by atoms with E-state index in [0.29, 0.717) is 13.1 Å². The Hall–Kier alpha value is -1.49. The van der Waals surface area contributed by atoms with Gasteiger partial charge in [-0.1, -0.05) is 6.07 Å². The van der Waals surface area contributed by atoms with Crippen LogP contribution in [0.3, 0.4) is 0 Å². The highest BCUT2D eigenvalue weighted by Gasteiger charge is 2.35. The van der Waals surface area contributed by atoms with Crippen molar-refractivity contribution in [3.63, 3.8) is 0 Å². The van der Waals surface area contributed by atoms with E-state index in [2.05, 4.69) is 5.32 Å². The lowest BCUT2D eigenvalue weighted by Crippen LogP contribution is -2.56. The molecule has 0 bridgehead atoms. The predicted octanol–water partition coefficient (Wildman–Crippen LogP) is 1.07. The number of sulfonamides is 1. The van der Waals surface area contributed by atoms with Crippen LogP contribution in [0.15, 0.2) is 23.1 Å². The van der Waals surface area contributed by atoms with Gasteiger partial charge in [0.15, 0.2) is 0 Å². The molecule has 1 aliphatic rings. The predicted molar refractivity (Wildman–Crippen MR) is 71.9 cm³/mol. The molecule has 0 radical (unpaired) electrons. The maximum Gasteiger partial charge on any atom is 0.244 e. The Morgan fingerprint density at radius 3 is 2.80 bits per heavy atom. The molecule has 0 aromatic heterocycles. The number of hydrogen-bond acceptors (Lipinski definition) is 4. The molecule has 20 heavy (non-hydrogen) atoms. The third kappa shape index (κ3) is 2.54. The molecule has 1 aromatic carbocycles. The van der Waals surface area contributed by atoms with Crippen molar-refractivity contribution in [3.05, 3.63) is 29.6 Å². The summed E-state index contributed by atoms with van der Waals surface area (Å²) >= 11 is 0. The van der Waals surface area contributed by atoms with Gasteiger partial charge >= 0.3 is 0 Å². The molecule has 2 unspecified atom stereocenters. The van der Waals surface area contributed by atoms with Crippen molar-refractivity contribution < 1.29 is 12.8 Å². The van der Waals surface area contributed by atoms with Gasteiger partial charge in [-0.2, -0.15) is 9.57 Å². The molecule has 1 aromatic rings. The number of nitrogens with zero attached hydrogens (tertiary/aromatic N) is 2. The maximum atomic E-state index is 13.6. The SMILES string of the molecule is CC1CN(S(=O)(=O)c2cccc(F)c2C#N)C(C)CN1. The average molecular weight is 297 g/mol. The van der Waals surface area contributed by atoms with E-state index < -0.39 is 21.4 Å². The number of benzene rings is 1. The van der Waals surface area contributed by atoms with E-state index in [0.717, 1.165) is 6.07 Å². The number of halogens is 1. The lowest BCUT2D eigenvalue weighted by Gasteiger charge is -2.36. The zero-order valence-electron chi connectivity index (χ0n) is 11.3. The van der Waals surface area contributed by atoms with Crippen LogP contribution in [0.25, 0.3) is 0 Å². The summed E-state index contributed by atoms with van der Waals surface area (Å²) in [5.41, 5.74) is -0.425. The van der Waals surface area contributed by atoms with Gasteiger partial charge in [-0.25, -0.2) is 12.8 Å². The van der Waals surface area contributed by atoms with Crippen LogP contribution in [0, 0.1) is 17.1 Å². The highest BCUT2D eigenvalue weighted by molar-refractivity contribution is 7.89. The van der Waals surface area contributed by atoms with Gasteiger partial charge in [0.2, 0.25) is 10.0 Å². The van der Waals surface area contributed by atoms with Crippen molar-refractivity contribution >= 4 is 10.0 Å². The minimum absolute atomic E-state index is 0.0140. The van der Waals surface area contributed by atoms with Crippen molar-refractivity contribution in [1.29, 1.82) is 5.26 Å². The Labute approximate surface area is 118 Å². The molecule has 1 saturated heterocycles. The third-order valence-electron chi connectivity index (χ3n) is 3.38. The molecule has 5 nitrogen and oxygen atoms in total. The Balaban J connectivity index is 2.51. The second-order valence-electron chi connectivity index (χ2n) is 4.96. The second kappa shape index (κ2) is 5.48. The fourth-order valence-electron chi connectivity index (χ4n) is 2.28. The summed E-state index contributed by atoms with van der Waals surface area (Å²) in [5, 5.41) is 12.2. The largest absolute Gasteiger partial charge is 0.311 e. The van der Waals surface area contributed by atoms with Gasteiger partial charge < -0.3 is 5.32 Å². The summed E-state index contributed by atoms with van der Waals surface area (Å²) in [7, 11) is -3.88. The summed E-state index contributed by atoms with van der Waals surface area (Å²) in [6.45, 7) is 4.48. The first-order valence-electron chi connectivity index (χ1n) is 6.31. The lowest BCUT2D eigenvalue weighted by atomic mass is 10.2. The molecule has 0 saturated carbocycles. The highest BCUT2D eigenvalue weighted by atomic mass is 32.2. The van der Waals surface area contributed by atoms with Crippen LogP contribution in [0.1, 0.15) is 19.4 Å². The zero-order valence-corrected chi connectivity index (χ0v) is 12.1. The number of nitriles is 1. The number of nitrogens with one attached hydrogen (secondary N) is 1. The Kier molecular flexibility index (Phi) is 4.09. The minimum atomic E-state index is -3.88. The molecule has 7 heteroatoms. The number of hydrogen-bond donors (Lipinski definition) is 1. The minimum Gasteiger partial charge on any atom is -0.311 e. The van der Waals surface area contributed by atoms with Gasteiger partial charge in [-0.15, -0.1) is 0 Å². The summed E-state index contributed by atoms with van der Waals surface area (Å²) in [4.78, 5) is -0.263. The van der Waals surface area contributed by atoms with Crippen LogP contribution in [0.4, 0.5) is 4.39 Å². The number of piperazine rings is 1. The van der Waals surface area contributed by atoms with Crippen LogP contribution < -0.4 is 5.32 Å². The van der Waals surface area contributed by atoms with Gasteiger partial charge in [-0.3, -0.25) is 0 Å². The van der Waals surface area contributed by atoms with Gasteiger partial charge in [0.05, 0.1) is 0 Å². The van der Waals surface area contributed by atoms with E-state index in [1.165, 1.54) is 16.4 Å². The fourth-order valence-corrected chi connectivity index (χ4v) is 4.15. The maximum absolute atomic E-state index is 13.6. The average Bonchev–Trinajstić information content (AvgIpc) is 2.41. The van der Waals surface area contributed by atoms with E-state index in [9.17, 15) is 12.8 Å². The Morgan fingerprint density at radius 1 is 1.45 bits per heavy atom. The van der Waals surface area contributed by atoms with Crippen LogP contribution in [-0.4, -0.2) is 37.9 Å². The first-order valence-corrected chi connectivity index (χ1v) is 7.75. The molecule has 0 aliphatic carbocycles. The molecular formula is C13H16FN3O2S. The van der Waals surface area contributed by atoms with E-state index in [1.54, 1.807) is 13.0 Å². The van der Waals surface area contributed by atoms with Crippen molar-refractivity contribution in [2.45, 2.75) is 30.8 Å². The molecular weight excluding hydrogens is 281 g/mol. The zero-order chi connectivity index (χ0) is 14.9. The third-order valence-corrected chi connectivity index (χ3v) is 5.40. The van der Waals surface area contributed by atoms with Crippen LogP contribution in [0.2, 0.25) is 0 Å². The first-order chi connectivity index (χ1) is 9.37. The van der Waals surface area contributed by atoms with Crippen LogP contribution >= 0.6 is 0 Å². The summed E-state index contributed by atoms with van der Waals surface area (Å²) in [5.74, 6) is -0.815. The van der Waals surface area contributed by atoms with Crippen LogP contribution in [0.5, 0.6) is 0 Å². The molecule has 0 spiro atoms. The second-order valence-corrected chi connectivity index (χ2v) is 6.82. The molecule has 0 amide bonds. The molecule has 2 atom stereocenters. The van der Waals surface area contributed by atoms with Crippen molar-refractivity contribution in [1.82, 2.24) is 9.62 Å². The van der Waals surface area contributed by atoms with Gasteiger partial charge in [0.25, 0.3) is 0 Å². The molecule has 108 valence electrons. The lowest BCUT2D eigenvalue weighted by molar-refractivity contribution is 0.244. The van der Waals surface area contributed by atoms with Crippen LogP contribution in [-0.2, 0) is 10.0 Å². The topological polar surface area (TPSA) is 73.2 Å². The fraction of sp³-hybridized carbons (Fsp3) is 0.462. The molecule has 1 heterocycles. The Morgan fingerprint density at radius 2 is 2.15 bits per heavy atom. The quantitative estimate of drug-likeness (QED) is 0.886. The standard InChI is InChI=1S/C13H16FN3O2S/c1-9-8-17(10(2)7-16-9)20(18,19)13-5-3-4-12(14)11(13)6-15/h3-5,9-10,16H,7-8H2,1-2H3. The Bertz CT molecular complexity index is 654. The highest BCUT2D eigenvalue weighted by Crippen LogP contribution is 2.24. The normalized spacial score (nSPS) is 24.3. The van der Waals surface area contributed by atoms with Crippen molar-refractivity contribution in [3.8, 4) is 6.07 Å².